The molecule has 2 heteroatoms. The molecule has 0 fully saturated rings. The molecule has 1 aromatic rings. The van der Waals surface area contributed by atoms with Crippen molar-refractivity contribution in [2.24, 2.45) is 0 Å². The van der Waals surface area contributed by atoms with Crippen LogP contribution in [0.1, 0.15) is 0 Å². The third-order valence-corrected chi connectivity index (χ3v) is 1.24. The highest BCUT2D eigenvalue weighted by atomic mass is 15.0. The number of rotatable bonds is 1. The minimum absolute atomic E-state index is 0.534. The van der Waals surface area contributed by atoms with Gasteiger partial charge in [-0.3, -0.25) is 5.73 Å². The lowest BCUT2D eigenvalue weighted by Gasteiger charge is -1.94. The van der Waals surface area contributed by atoms with Gasteiger partial charge in [-0.2, -0.15) is 0 Å². The molecule has 0 saturated carbocycles. The Morgan fingerprint density at radius 3 is 3.00 bits per heavy atom. The van der Waals surface area contributed by atoms with E-state index in [0.29, 0.717) is 12.4 Å². The third kappa shape index (κ3) is 1.26. The van der Waals surface area contributed by atoms with Gasteiger partial charge in [0.1, 0.15) is 0 Å². The number of hydrogen-bond acceptors (Lipinski definition) is 1. The molecule has 0 aromatic carbocycles. The maximum Gasteiger partial charge on any atom is 0.273 e. The van der Waals surface area contributed by atoms with Gasteiger partial charge in [-0.15, -0.1) is 6.42 Å². The second kappa shape index (κ2) is 2.88. The number of nitrogen functional groups attached to an aromatic ring is 1. The Morgan fingerprint density at radius 2 is 2.40 bits per heavy atom. The molecule has 2 nitrogen and oxygen atoms in total. The first-order chi connectivity index (χ1) is 4.84. The Hall–Kier alpha value is -1.49. The monoisotopic (exact) mass is 133 g/mol. The van der Waals surface area contributed by atoms with Crippen LogP contribution >= 0.6 is 0 Å². The van der Waals surface area contributed by atoms with Gasteiger partial charge in [0.25, 0.3) is 5.82 Å². The van der Waals surface area contributed by atoms with Crippen molar-refractivity contribution in [3.63, 3.8) is 0 Å². The molecule has 0 unspecified atom stereocenters. The fourth-order valence-corrected chi connectivity index (χ4v) is 0.732. The second-order valence-corrected chi connectivity index (χ2v) is 1.96. The predicted octanol–water partition coefficient (Wildman–Crippen LogP) is 0.190. The zero-order valence-electron chi connectivity index (χ0n) is 5.62. The topological polar surface area (TPSA) is 29.9 Å². The van der Waals surface area contributed by atoms with Crippen LogP contribution in [0.25, 0.3) is 0 Å². The number of nitrogens with zero attached hydrogens (tertiary/aromatic N) is 1. The largest absolute Gasteiger partial charge is 0.287 e. The quantitative estimate of drug-likeness (QED) is 0.430. The van der Waals surface area contributed by atoms with Gasteiger partial charge in [-0.05, 0) is 6.07 Å². The molecular weight excluding hydrogens is 124 g/mol. The van der Waals surface area contributed by atoms with Crippen LogP contribution in [0.2, 0.25) is 0 Å². The number of aromatic nitrogens is 1. The highest BCUT2D eigenvalue weighted by Gasteiger charge is 1.96. The molecule has 0 bridgehead atoms. The molecule has 10 heavy (non-hydrogen) atoms. The van der Waals surface area contributed by atoms with Crippen molar-refractivity contribution in [1.29, 1.82) is 0 Å². The molecule has 1 rings (SSSR count). The Balaban J connectivity index is 2.94. The van der Waals surface area contributed by atoms with Gasteiger partial charge in [0.15, 0.2) is 6.54 Å². The fourth-order valence-electron chi connectivity index (χ4n) is 0.732. The fraction of sp³-hybridized carbons (Fsp3) is 0.125. The van der Waals surface area contributed by atoms with Gasteiger partial charge in [-0.1, -0.05) is 12.0 Å². The van der Waals surface area contributed by atoms with E-state index >= 15 is 0 Å². The van der Waals surface area contributed by atoms with E-state index in [0.717, 1.165) is 0 Å². The average molecular weight is 133 g/mol. The number of anilines is 1. The van der Waals surface area contributed by atoms with E-state index in [-0.39, 0.29) is 0 Å². The minimum atomic E-state index is 0.534. The van der Waals surface area contributed by atoms with Crippen molar-refractivity contribution < 1.29 is 4.57 Å². The highest BCUT2D eigenvalue weighted by molar-refractivity contribution is 5.18. The lowest BCUT2D eigenvalue weighted by atomic mass is 10.4. The molecule has 0 atom stereocenters. The molecule has 1 heterocycles. The number of terminal acetylenes is 1. The summed E-state index contributed by atoms with van der Waals surface area (Å²) in [5.41, 5.74) is 5.57. The van der Waals surface area contributed by atoms with Crippen LogP contribution in [0.5, 0.6) is 0 Å². The first-order valence-electron chi connectivity index (χ1n) is 3.02. The van der Waals surface area contributed by atoms with E-state index in [1.54, 1.807) is 4.57 Å². The van der Waals surface area contributed by atoms with E-state index in [9.17, 15) is 0 Å². The summed E-state index contributed by atoms with van der Waals surface area (Å²) in [7, 11) is 0. The van der Waals surface area contributed by atoms with E-state index in [1.165, 1.54) is 0 Å². The zero-order valence-corrected chi connectivity index (χ0v) is 5.62. The summed E-state index contributed by atoms with van der Waals surface area (Å²) in [5.74, 6) is 3.20. The Labute approximate surface area is 60.3 Å². The van der Waals surface area contributed by atoms with Crippen LogP contribution in [0.3, 0.4) is 0 Å². The smallest absolute Gasteiger partial charge is 0.273 e. The van der Waals surface area contributed by atoms with Gasteiger partial charge in [-0.25, -0.2) is 4.57 Å². The zero-order chi connectivity index (χ0) is 7.40. The molecule has 0 aliphatic carbocycles. The lowest BCUT2D eigenvalue weighted by Crippen LogP contribution is -2.35. The molecule has 0 radical (unpaired) electrons. The van der Waals surface area contributed by atoms with Crippen molar-refractivity contribution in [3.05, 3.63) is 24.4 Å². The summed E-state index contributed by atoms with van der Waals surface area (Å²) in [6.07, 6.45) is 6.96. The van der Waals surface area contributed by atoms with Gasteiger partial charge < -0.3 is 0 Å². The third-order valence-electron chi connectivity index (χ3n) is 1.24. The van der Waals surface area contributed by atoms with Crippen LogP contribution in [-0.2, 0) is 6.54 Å². The molecule has 0 saturated heterocycles. The minimum Gasteiger partial charge on any atom is -0.287 e. The van der Waals surface area contributed by atoms with Crippen molar-refractivity contribution in [3.8, 4) is 12.3 Å². The van der Waals surface area contributed by atoms with Crippen LogP contribution < -0.4 is 10.3 Å². The van der Waals surface area contributed by atoms with E-state index < -0.39 is 0 Å². The second-order valence-electron chi connectivity index (χ2n) is 1.96. The molecule has 0 aliphatic heterocycles. The van der Waals surface area contributed by atoms with Crippen molar-refractivity contribution in [2.45, 2.75) is 6.54 Å². The molecule has 0 spiro atoms. The predicted molar refractivity (Wildman–Crippen MR) is 39.9 cm³/mol. The number of pyridine rings is 1. The van der Waals surface area contributed by atoms with E-state index in [4.69, 9.17) is 12.2 Å². The average Bonchev–Trinajstić information content (AvgIpc) is 1.94. The number of hydrogen-bond donors (Lipinski definition) is 1. The molecule has 50 valence electrons. The van der Waals surface area contributed by atoms with E-state index in [2.05, 4.69) is 5.92 Å². The van der Waals surface area contributed by atoms with E-state index in [1.807, 2.05) is 24.4 Å². The summed E-state index contributed by atoms with van der Waals surface area (Å²) >= 11 is 0. The van der Waals surface area contributed by atoms with Crippen LogP contribution in [-0.4, -0.2) is 0 Å². The Kier molecular flexibility index (Phi) is 1.91. The molecule has 0 aliphatic rings. The summed E-state index contributed by atoms with van der Waals surface area (Å²) in [5, 5.41) is 0. The molecule has 2 N–H and O–H groups in total. The van der Waals surface area contributed by atoms with Crippen LogP contribution in [0, 0.1) is 12.3 Å². The first-order valence-corrected chi connectivity index (χ1v) is 3.02. The summed E-state index contributed by atoms with van der Waals surface area (Å²) in [6, 6.07) is 5.59. The Morgan fingerprint density at radius 1 is 1.60 bits per heavy atom. The highest BCUT2D eigenvalue weighted by Crippen LogP contribution is 1.89. The SMILES string of the molecule is C#CC[n+]1ccccc1N. The molecule has 1 aromatic heterocycles. The van der Waals surface area contributed by atoms with Crippen molar-refractivity contribution >= 4 is 5.82 Å². The van der Waals surface area contributed by atoms with Crippen LogP contribution in [0.4, 0.5) is 5.82 Å². The standard InChI is InChI=1S/C8H8N2/c1-2-6-10-7-4-3-5-8(10)9/h1,3-5,7,9H,6H2/p+1. The summed E-state index contributed by atoms with van der Waals surface area (Å²) in [4.78, 5) is 0. The van der Waals surface area contributed by atoms with Crippen LogP contribution in [0.15, 0.2) is 24.4 Å². The molecular formula is C8H9N2+. The maximum atomic E-state index is 5.57. The van der Waals surface area contributed by atoms with Crippen molar-refractivity contribution in [2.75, 3.05) is 5.73 Å². The maximum absolute atomic E-state index is 5.57. The van der Waals surface area contributed by atoms with Gasteiger partial charge in [0, 0.05) is 6.07 Å². The number of nitrogens with two attached hydrogens (primary N) is 1. The summed E-state index contributed by atoms with van der Waals surface area (Å²) < 4.78 is 1.81. The van der Waals surface area contributed by atoms with Gasteiger partial charge >= 0.3 is 0 Å². The van der Waals surface area contributed by atoms with Crippen molar-refractivity contribution in [1.82, 2.24) is 0 Å². The Bertz CT molecular complexity index is 260. The van der Waals surface area contributed by atoms with Gasteiger partial charge in [0.2, 0.25) is 0 Å². The molecule has 0 amide bonds. The normalized spacial score (nSPS) is 8.70. The first kappa shape index (κ1) is 6.63. The lowest BCUT2D eigenvalue weighted by molar-refractivity contribution is -0.670. The van der Waals surface area contributed by atoms with Gasteiger partial charge in [0.05, 0.1) is 6.20 Å². The summed E-state index contributed by atoms with van der Waals surface area (Å²) in [6.45, 7) is 0.534.